The number of hydrogen-bond acceptors (Lipinski definition) is 4. The number of likely N-dealkylation sites (tertiary alicyclic amines) is 1. The van der Waals surface area contributed by atoms with Crippen molar-refractivity contribution in [2.75, 3.05) is 20.3 Å². The molecule has 1 aliphatic heterocycles. The molecule has 16 heavy (non-hydrogen) atoms. The summed E-state index contributed by atoms with van der Waals surface area (Å²) < 4.78 is 4.81. The van der Waals surface area contributed by atoms with Crippen LogP contribution in [0.15, 0.2) is 0 Å². The number of carbonyl (C=O) groups excluding carboxylic acids is 1. The first-order chi connectivity index (χ1) is 7.56. The predicted octanol–water partition coefficient (Wildman–Crippen LogP) is -0.541. The largest absolute Gasteiger partial charge is 0.480 e. The Balaban J connectivity index is 2.50. The summed E-state index contributed by atoms with van der Waals surface area (Å²) >= 11 is 0. The lowest BCUT2D eigenvalue weighted by molar-refractivity contribution is -0.148. The Labute approximate surface area is 93.8 Å². The van der Waals surface area contributed by atoms with Crippen LogP contribution < -0.4 is 0 Å². The van der Waals surface area contributed by atoms with Gasteiger partial charge in [0, 0.05) is 33.1 Å². The number of β-amino-alcohol motifs (C(OH)–C–C–N with tert-alkyl or cyclic N) is 1. The molecule has 0 saturated carbocycles. The number of carboxylic acids is 1. The van der Waals surface area contributed by atoms with E-state index in [0.717, 1.165) is 0 Å². The molecular weight excluding hydrogens is 214 g/mol. The number of amides is 1. The van der Waals surface area contributed by atoms with Gasteiger partial charge in [-0.2, -0.15) is 0 Å². The van der Waals surface area contributed by atoms with Gasteiger partial charge in [-0.1, -0.05) is 0 Å². The van der Waals surface area contributed by atoms with Gasteiger partial charge in [0.15, 0.2) is 0 Å². The molecule has 92 valence electrons. The van der Waals surface area contributed by atoms with Crippen molar-refractivity contribution in [3.05, 3.63) is 0 Å². The highest BCUT2D eigenvalue weighted by molar-refractivity contribution is 5.84. The van der Waals surface area contributed by atoms with E-state index in [1.165, 1.54) is 4.90 Å². The Hall–Kier alpha value is -1.14. The summed E-state index contributed by atoms with van der Waals surface area (Å²) in [6, 6.07) is -0.884. The van der Waals surface area contributed by atoms with E-state index in [0.29, 0.717) is 13.0 Å². The fraction of sp³-hybridized carbons (Fsp3) is 0.800. The lowest BCUT2D eigenvalue weighted by atomic mass is 10.2. The fourth-order valence-corrected chi connectivity index (χ4v) is 1.83. The van der Waals surface area contributed by atoms with Crippen molar-refractivity contribution in [2.24, 2.45) is 0 Å². The summed E-state index contributed by atoms with van der Waals surface area (Å²) in [5, 5.41) is 18.2. The quantitative estimate of drug-likeness (QED) is 0.620. The molecule has 0 radical (unpaired) electrons. The molecule has 6 heteroatoms. The van der Waals surface area contributed by atoms with Crippen LogP contribution >= 0.6 is 0 Å². The second-order valence-corrected chi connectivity index (χ2v) is 3.89. The van der Waals surface area contributed by atoms with Crippen molar-refractivity contribution in [3.8, 4) is 0 Å². The van der Waals surface area contributed by atoms with Crippen molar-refractivity contribution in [2.45, 2.75) is 31.4 Å². The van der Waals surface area contributed by atoms with Crippen molar-refractivity contribution >= 4 is 11.9 Å². The number of aliphatic hydroxyl groups is 1. The van der Waals surface area contributed by atoms with Crippen LogP contribution in [0.2, 0.25) is 0 Å². The number of ether oxygens (including phenoxy) is 1. The second kappa shape index (κ2) is 5.81. The maximum absolute atomic E-state index is 11.7. The number of methoxy groups -OCH3 is 1. The van der Waals surface area contributed by atoms with Crippen LogP contribution in [0.5, 0.6) is 0 Å². The Kier molecular flexibility index (Phi) is 4.70. The normalized spacial score (nSPS) is 24.8. The number of hydrogen-bond donors (Lipinski definition) is 2. The van der Waals surface area contributed by atoms with Gasteiger partial charge in [0.05, 0.1) is 6.10 Å². The average Bonchev–Trinajstić information content (AvgIpc) is 2.61. The van der Waals surface area contributed by atoms with Gasteiger partial charge >= 0.3 is 5.97 Å². The molecule has 1 heterocycles. The van der Waals surface area contributed by atoms with Crippen LogP contribution in [0.3, 0.4) is 0 Å². The summed E-state index contributed by atoms with van der Waals surface area (Å²) in [4.78, 5) is 23.8. The number of carboxylic acid groups (broad SMARTS) is 1. The molecule has 1 fully saturated rings. The van der Waals surface area contributed by atoms with E-state index in [1.807, 2.05) is 0 Å². The van der Waals surface area contributed by atoms with Gasteiger partial charge < -0.3 is 19.8 Å². The smallest absolute Gasteiger partial charge is 0.326 e. The van der Waals surface area contributed by atoms with Crippen molar-refractivity contribution in [1.82, 2.24) is 4.90 Å². The Morgan fingerprint density at radius 1 is 1.50 bits per heavy atom. The van der Waals surface area contributed by atoms with E-state index in [4.69, 9.17) is 9.84 Å². The standard InChI is InChI=1S/C10H17NO5/c1-16-4-2-3-9(13)11-6-7(12)5-8(11)10(14)15/h7-8,12H,2-6H2,1H3,(H,14,15)/t7-,8-/m0/s1. The first kappa shape index (κ1) is 12.9. The van der Waals surface area contributed by atoms with Crippen molar-refractivity contribution in [1.29, 1.82) is 0 Å². The molecule has 6 nitrogen and oxygen atoms in total. The second-order valence-electron chi connectivity index (χ2n) is 3.89. The maximum atomic E-state index is 11.7. The molecule has 0 aromatic carbocycles. The third-order valence-electron chi connectivity index (χ3n) is 2.62. The van der Waals surface area contributed by atoms with Crippen LogP contribution in [0.1, 0.15) is 19.3 Å². The molecule has 0 aliphatic carbocycles. The lowest BCUT2D eigenvalue weighted by Crippen LogP contribution is -2.40. The van der Waals surface area contributed by atoms with E-state index >= 15 is 0 Å². The zero-order valence-electron chi connectivity index (χ0n) is 9.26. The minimum atomic E-state index is -1.06. The summed E-state index contributed by atoms with van der Waals surface area (Å²) in [6.45, 7) is 0.586. The van der Waals surface area contributed by atoms with E-state index < -0.39 is 18.1 Å². The predicted molar refractivity (Wildman–Crippen MR) is 54.9 cm³/mol. The van der Waals surface area contributed by atoms with Crippen LogP contribution in [0, 0.1) is 0 Å². The molecule has 0 bridgehead atoms. The van der Waals surface area contributed by atoms with Crippen LogP contribution in [-0.4, -0.2) is 59.4 Å². The van der Waals surface area contributed by atoms with Crippen molar-refractivity contribution in [3.63, 3.8) is 0 Å². The topological polar surface area (TPSA) is 87.1 Å². The highest BCUT2D eigenvalue weighted by atomic mass is 16.5. The summed E-state index contributed by atoms with van der Waals surface area (Å²) in [5.74, 6) is -1.29. The molecule has 1 saturated heterocycles. The van der Waals surface area contributed by atoms with E-state index in [-0.39, 0.29) is 25.3 Å². The zero-order chi connectivity index (χ0) is 12.1. The van der Waals surface area contributed by atoms with Crippen LogP contribution in [0.25, 0.3) is 0 Å². The number of carbonyl (C=O) groups is 2. The number of nitrogens with zero attached hydrogens (tertiary/aromatic N) is 1. The van der Waals surface area contributed by atoms with Crippen LogP contribution in [0.4, 0.5) is 0 Å². The zero-order valence-corrected chi connectivity index (χ0v) is 9.26. The molecule has 1 amide bonds. The third kappa shape index (κ3) is 3.18. The molecule has 2 N–H and O–H groups in total. The SMILES string of the molecule is COCCCC(=O)N1C[C@@H](O)C[C@H]1C(=O)O. The number of aliphatic hydroxyl groups excluding tert-OH is 1. The van der Waals surface area contributed by atoms with E-state index in [2.05, 4.69) is 0 Å². The van der Waals surface area contributed by atoms with Crippen molar-refractivity contribution < 1.29 is 24.5 Å². The lowest BCUT2D eigenvalue weighted by Gasteiger charge is -2.20. The van der Waals surface area contributed by atoms with Gasteiger partial charge in [-0.25, -0.2) is 4.79 Å². The third-order valence-corrected chi connectivity index (χ3v) is 2.62. The van der Waals surface area contributed by atoms with Gasteiger partial charge in [-0.15, -0.1) is 0 Å². The summed E-state index contributed by atoms with van der Waals surface area (Å²) in [7, 11) is 1.55. The average molecular weight is 231 g/mol. The fourth-order valence-electron chi connectivity index (χ4n) is 1.83. The first-order valence-electron chi connectivity index (χ1n) is 5.25. The van der Waals surface area contributed by atoms with Gasteiger partial charge in [-0.3, -0.25) is 4.79 Å². The molecule has 0 aromatic heterocycles. The molecule has 1 aliphatic rings. The number of rotatable bonds is 5. The molecule has 2 atom stereocenters. The highest BCUT2D eigenvalue weighted by Gasteiger charge is 2.38. The minimum Gasteiger partial charge on any atom is -0.480 e. The van der Waals surface area contributed by atoms with E-state index in [9.17, 15) is 14.7 Å². The number of aliphatic carboxylic acids is 1. The molecule has 0 spiro atoms. The van der Waals surface area contributed by atoms with Crippen LogP contribution in [-0.2, 0) is 14.3 Å². The first-order valence-corrected chi connectivity index (χ1v) is 5.25. The van der Waals surface area contributed by atoms with Gasteiger partial charge in [0.1, 0.15) is 6.04 Å². The van der Waals surface area contributed by atoms with Gasteiger partial charge in [0.25, 0.3) is 0 Å². The Bertz CT molecular complexity index is 268. The monoisotopic (exact) mass is 231 g/mol. The summed E-state index contributed by atoms with van der Waals surface area (Å²) in [5.41, 5.74) is 0. The maximum Gasteiger partial charge on any atom is 0.326 e. The van der Waals surface area contributed by atoms with Gasteiger partial charge in [-0.05, 0) is 6.42 Å². The molecule has 0 aromatic rings. The van der Waals surface area contributed by atoms with Gasteiger partial charge in [0.2, 0.25) is 5.91 Å². The summed E-state index contributed by atoms with van der Waals surface area (Å²) in [6.07, 6.45) is 0.205. The molecule has 0 unspecified atom stereocenters. The Morgan fingerprint density at radius 2 is 2.19 bits per heavy atom. The minimum absolute atomic E-state index is 0.114. The van der Waals surface area contributed by atoms with E-state index in [1.54, 1.807) is 7.11 Å². The molecule has 1 rings (SSSR count). The highest BCUT2D eigenvalue weighted by Crippen LogP contribution is 2.19. The Morgan fingerprint density at radius 3 is 2.75 bits per heavy atom. The molecular formula is C10H17NO5.